The standard InChI is InChI=1S/C19H29N5O/c1-15(2)19-21-20-18-14-23(9-10-24(18)19)13-17(25)12-22(3)11-16-7-5-4-6-8-16/h4-8,15,17,25H,9-14H2,1-3H3. The van der Waals surface area contributed by atoms with Gasteiger partial charge in [0, 0.05) is 38.6 Å². The summed E-state index contributed by atoms with van der Waals surface area (Å²) in [6.45, 7) is 9.08. The van der Waals surface area contributed by atoms with E-state index in [1.54, 1.807) is 0 Å². The molecule has 1 atom stereocenters. The molecule has 1 aromatic heterocycles. The molecule has 0 fully saturated rings. The van der Waals surface area contributed by atoms with Crippen molar-refractivity contribution in [3.8, 4) is 0 Å². The molecule has 0 aliphatic carbocycles. The molecule has 25 heavy (non-hydrogen) atoms. The Kier molecular flexibility index (Phi) is 5.83. The van der Waals surface area contributed by atoms with Crippen molar-refractivity contribution in [1.82, 2.24) is 24.6 Å². The third kappa shape index (κ3) is 4.66. The minimum atomic E-state index is -0.368. The number of aliphatic hydroxyl groups is 1. The number of aliphatic hydroxyl groups excluding tert-OH is 1. The van der Waals surface area contributed by atoms with Gasteiger partial charge in [-0.25, -0.2) is 0 Å². The summed E-state index contributed by atoms with van der Waals surface area (Å²) >= 11 is 0. The zero-order valence-corrected chi connectivity index (χ0v) is 15.5. The molecule has 0 saturated carbocycles. The summed E-state index contributed by atoms with van der Waals surface area (Å²) in [5.41, 5.74) is 1.27. The smallest absolute Gasteiger partial charge is 0.147 e. The maximum absolute atomic E-state index is 10.5. The first-order valence-electron chi connectivity index (χ1n) is 9.07. The van der Waals surface area contributed by atoms with Gasteiger partial charge in [-0.2, -0.15) is 0 Å². The van der Waals surface area contributed by atoms with E-state index >= 15 is 0 Å². The molecule has 6 nitrogen and oxygen atoms in total. The molecule has 136 valence electrons. The van der Waals surface area contributed by atoms with E-state index in [2.05, 4.69) is 69.7 Å². The van der Waals surface area contributed by atoms with Crippen molar-refractivity contribution in [3.63, 3.8) is 0 Å². The van der Waals surface area contributed by atoms with Crippen molar-refractivity contribution in [2.45, 2.75) is 45.5 Å². The van der Waals surface area contributed by atoms with Crippen LogP contribution in [0.2, 0.25) is 0 Å². The third-order valence-electron chi connectivity index (χ3n) is 4.66. The van der Waals surface area contributed by atoms with Crippen LogP contribution in [0.3, 0.4) is 0 Å². The Hall–Kier alpha value is -1.76. The molecule has 1 aliphatic heterocycles. The van der Waals surface area contributed by atoms with Gasteiger partial charge in [0.05, 0.1) is 12.6 Å². The van der Waals surface area contributed by atoms with Crippen LogP contribution in [0.15, 0.2) is 30.3 Å². The number of β-amino-alcohol motifs (C(OH)–C–C–N with tert-alkyl or cyclic N) is 1. The first-order chi connectivity index (χ1) is 12.0. The third-order valence-corrected chi connectivity index (χ3v) is 4.66. The van der Waals surface area contributed by atoms with Crippen LogP contribution in [-0.2, 0) is 19.6 Å². The molecular weight excluding hydrogens is 314 g/mol. The van der Waals surface area contributed by atoms with Gasteiger partial charge < -0.3 is 9.67 Å². The summed E-state index contributed by atoms with van der Waals surface area (Å²) in [5, 5.41) is 19.1. The highest BCUT2D eigenvalue weighted by Gasteiger charge is 2.24. The molecule has 0 saturated heterocycles. The maximum atomic E-state index is 10.5. The number of hydrogen-bond donors (Lipinski definition) is 1. The number of fused-ring (bicyclic) bond motifs is 1. The molecule has 0 radical (unpaired) electrons. The van der Waals surface area contributed by atoms with Crippen molar-refractivity contribution in [2.75, 3.05) is 26.7 Å². The van der Waals surface area contributed by atoms with Gasteiger partial charge in [0.2, 0.25) is 0 Å². The van der Waals surface area contributed by atoms with Crippen molar-refractivity contribution in [1.29, 1.82) is 0 Å². The molecule has 0 bridgehead atoms. The number of likely N-dealkylation sites (N-methyl/N-ethyl adjacent to an activating group) is 1. The monoisotopic (exact) mass is 343 g/mol. The average Bonchev–Trinajstić information content (AvgIpc) is 2.98. The fraction of sp³-hybridized carbons (Fsp3) is 0.579. The van der Waals surface area contributed by atoms with Gasteiger partial charge in [-0.05, 0) is 12.6 Å². The van der Waals surface area contributed by atoms with Crippen molar-refractivity contribution in [2.24, 2.45) is 0 Å². The van der Waals surface area contributed by atoms with Crippen LogP contribution >= 0.6 is 0 Å². The first-order valence-corrected chi connectivity index (χ1v) is 9.07. The molecule has 1 unspecified atom stereocenters. The predicted octanol–water partition coefficient (Wildman–Crippen LogP) is 1.71. The molecule has 0 spiro atoms. The fourth-order valence-electron chi connectivity index (χ4n) is 3.49. The van der Waals surface area contributed by atoms with E-state index in [0.29, 0.717) is 19.0 Å². The van der Waals surface area contributed by atoms with Crippen LogP contribution in [0.25, 0.3) is 0 Å². The lowest BCUT2D eigenvalue weighted by molar-refractivity contribution is 0.0685. The lowest BCUT2D eigenvalue weighted by atomic mass is 10.2. The summed E-state index contributed by atoms with van der Waals surface area (Å²) in [6, 6.07) is 10.4. The second kappa shape index (κ2) is 8.08. The van der Waals surface area contributed by atoms with Crippen LogP contribution in [0.4, 0.5) is 0 Å². The average molecular weight is 343 g/mol. The molecule has 0 amide bonds. The predicted molar refractivity (Wildman–Crippen MR) is 98.2 cm³/mol. The fourth-order valence-corrected chi connectivity index (χ4v) is 3.49. The quantitative estimate of drug-likeness (QED) is 0.829. The van der Waals surface area contributed by atoms with Gasteiger partial charge >= 0.3 is 0 Å². The van der Waals surface area contributed by atoms with Crippen LogP contribution in [0, 0.1) is 0 Å². The Morgan fingerprint density at radius 2 is 1.92 bits per heavy atom. The topological polar surface area (TPSA) is 57.4 Å². The minimum absolute atomic E-state index is 0.368. The van der Waals surface area contributed by atoms with E-state index in [1.807, 2.05) is 6.07 Å². The Morgan fingerprint density at radius 3 is 2.64 bits per heavy atom. The number of benzene rings is 1. The highest BCUT2D eigenvalue weighted by molar-refractivity contribution is 5.14. The SMILES string of the molecule is CC(C)c1nnc2n1CCN(CC(O)CN(C)Cc1ccccc1)C2. The normalized spacial score (nSPS) is 16.4. The molecule has 1 N–H and O–H groups in total. The summed E-state index contributed by atoms with van der Waals surface area (Å²) in [7, 11) is 2.05. The molecule has 2 aromatic rings. The van der Waals surface area contributed by atoms with Crippen molar-refractivity contribution >= 4 is 0 Å². The zero-order chi connectivity index (χ0) is 17.8. The summed E-state index contributed by atoms with van der Waals surface area (Å²) in [5.74, 6) is 2.47. The van der Waals surface area contributed by atoms with Gasteiger partial charge in [-0.3, -0.25) is 9.80 Å². The summed E-state index contributed by atoms with van der Waals surface area (Å²) in [4.78, 5) is 4.44. The second-order valence-corrected chi connectivity index (χ2v) is 7.35. The summed E-state index contributed by atoms with van der Waals surface area (Å²) < 4.78 is 2.23. The highest BCUT2D eigenvalue weighted by atomic mass is 16.3. The lowest BCUT2D eigenvalue weighted by Gasteiger charge is -2.31. The largest absolute Gasteiger partial charge is 0.390 e. The number of rotatable bonds is 7. The summed E-state index contributed by atoms with van der Waals surface area (Å²) in [6.07, 6.45) is -0.368. The molecule has 1 aromatic carbocycles. The van der Waals surface area contributed by atoms with E-state index in [4.69, 9.17) is 0 Å². The van der Waals surface area contributed by atoms with Gasteiger partial charge in [0.15, 0.2) is 0 Å². The van der Waals surface area contributed by atoms with Gasteiger partial charge in [-0.1, -0.05) is 44.2 Å². The van der Waals surface area contributed by atoms with E-state index < -0.39 is 0 Å². The molecule has 3 rings (SSSR count). The highest BCUT2D eigenvalue weighted by Crippen LogP contribution is 2.18. The van der Waals surface area contributed by atoms with Gasteiger partial charge in [-0.15, -0.1) is 10.2 Å². The Labute approximate surface area is 150 Å². The molecule has 1 aliphatic rings. The Bertz CT molecular complexity index is 670. The lowest BCUT2D eigenvalue weighted by Crippen LogP contribution is -2.42. The molecule has 6 heteroatoms. The van der Waals surface area contributed by atoms with E-state index in [0.717, 1.165) is 37.8 Å². The maximum Gasteiger partial charge on any atom is 0.147 e. The minimum Gasteiger partial charge on any atom is -0.390 e. The van der Waals surface area contributed by atoms with Gasteiger partial charge in [0.1, 0.15) is 11.6 Å². The van der Waals surface area contributed by atoms with Crippen molar-refractivity contribution in [3.05, 3.63) is 47.5 Å². The van der Waals surface area contributed by atoms with Crippen LogP contribution in [0.5, 0.6) is 0 Å². The number of hydrogen-bond acceptors (Lipinski definition) is 5. The van der Waals surface area contributed by atoms with Crippen LogP contribution in [0.1, 0.15) is 37.0 Å². The van der Waals surface area contributed by atoms with Crippen LogP contribution < -0.4 is 0 Å². The van der Waals surface area contributed by atoms with E-state index in [9.17, 15) is 5.11 Å². The molecular formula is C19H29N5O. The Balaban J connectivity index is 1.49. The zero-order valence-electron chi connectivity index (χ0n) is 15.5. The van der Waals surface area contributed by atoms with Gasteiger partial charge in [0.25, 0.3) is 0 Å². The second-order valence-electron chi connectivity index (χ2n) is 7.35. The number of aromatic nitrogens is 3. The molecule has 2 heterocycles. The van der Waals surface area contributed by atoms with E-state index in [1.165, 1.54) is 5.56 Å². The first kappa shape index (κ1) is 18.0. The van der Waals surface area contributed by atoms with Crippen molar-refractivity contribution < 1.29 is 5.11 Å². The van der Waals surface area contributed by atoms with E-state index in [-0.39, 0.29) is 6.10 Å². The van der Waals surface area contributed by atoms with Crippen LogP contribution in [-0.4, -0.2) is 62.5 Å². The Morgan fingerprint density at radius 1 is 1.16 bits per heavy atom. The number of nitrogens with zero attached hydrogens (tertiary/aromatic N) is 5.